The number of nitrogens with one attached hydrogen (secondary N) is 1. The molecule has 1 unspecified atom stereocenters. The van der Waals surface area contributed by atoms with Crippen LogP contribution < -0.4 is 9.65 Å². The molecular formula is C8H14N2P+. The molecule has 0 fully saturated rings. The summed E-state index contributed by atoms with van der Waals surface area (Å²) in [4.78, 5) is 0. The fraction of sp³-hybridized carbons (Fsp3) is 0.375. The normalized spacial score (nSPS) is 10.0. The largest absolute Gasteiger partial charge is 0.313 e. The average Bonchev–Trinajstić information content (AvgIpc) is 2.01. The summed E-state index contributed by atoms with van der Waals surface area (Å²) in [6.45, 7) is 4.08. The zero-order valence-electron chi connectivity index (χ0n) is 6.75. The summed E-state index contributed by atoms with van der Waals surface area (Å²) in [7, 11) is 2.62. The predicted molar refractivity (Wildman–Crippen MR) is 49.1 cm³/mol. The Kier molecular flexibility index (Phi) is 3.47. The number of hydrogen-bond donors (Lipinski definition) is 1. The lowest BCUT2D eigenvalue weighted by Crippen LogP contribution is -2.20. The van der Waals surface area contributed by atoms with Crippen LogP contribution in [0.3, 0.4) is 0 Å². The fourth-order valence-electron chi connectivity index (χ4n) is 0.917. The van der Waals surface area contributed by atoms with Crippen LogP contribution in [0.15, 0.2) is 24.5 Å². The number of nitrogens with zero attached hydrogens (tertiary/aromatic N) is 1. The molecule has 0 saturated heterocycles. The van der Waals surface area contributed by atoms with Crippen LogP contribution in [0.1, 0.15) is 12.5 Å². The van der Waals surface area contributed by atoms with Gasteiger partial charge in [-0.15, -0.1) is 0 Å². The minimum absolute atomic E-state index is 0.950. The van der Waals surface area contributed by atoms with Gasteiger partial charge in [-0.3, -0.25) is 0 Å². The molecule has 0 aromatic carbocycles. The summed E-state index contributed by atoms with van der Waals surface area (Å²) in [5, 5.41) is 3.27. The summed E-state index contributed by atoms with van der Waals surface area (Å²) in [5.74, 6) is 0. The van der Waals surface area contributed by atoms with Gasteiger partial charge in [-0.2, -0.15) is 4.34 Å². The Bertz CT molecular complexity index is 225. The molecule has 0 saturated carbocycles. The van der Waals surface area contributed by atoms with Gasteiger partial charge in [0.05, 0.1) is 0 Å². The molecule has 2 nitrogen and oxygen atoms in total. The van der Waals surface area contributed by atoms with Gasteiger partial charge < -0.3 is 5.32 Å². The van der Waals surface area contributed by atoms with Crippen molar-refractivity contribution in [2.45, 2.75) is 13.5 Å². The van der Waals surface area contributed by atoms with Crippen molar-refractivity contribution in [2.24, 2.45) is 0 Å². The summed E-state index contributed by atoms with van der Waals surface area (Å²) < 4.78 is 1.98. The Morgan fingerprint density at radius 3 is 3.09 bits per heavy atom. The van der Waals surface area contributed by atoms with Crippen LogP contribution in [0.5, 0.6) is 0 Å². The zero-order chi connectivity index (χ0) is 8.10. The molecule has 0 amide bonds. The van der Waals surface area contributed by atoms with E-state index in [4.69, 9.17) is 0 Å². The Balaban J connectivity index is 2.56. The van der Waals surface area contributed by atoms with E-state index in [-0.39, 0.29) is 0 Å². The third-order valence-corrected chi connectivity index (χ3v) is 1.78. The van der Waals surface area contributed by atoms with Crippen LogP contribution in [0, 0.1) is 0 Å². The highest BCUT2D eigenvalue weighted by molar-refractivity contribution is 7.07. The van der Waals surface area contributed by atoms with E-state index in [1.807, 2.05) is 16.6 Å². The van der Waals surface area contributed by atoms with Crippen LogP contribution in [0.4, 0.5) is 0 Å². The standard InChI is InChI=1S/C8H14N2P/c1-2-9-6-8-4-3-5-10(11)7-8/h3-5,7,9H,2,6,11H2,1H3/q+1. The molecule has 1 atom stereocenters. The van der Waals surface area contributed by atoms with E-state index in [2.05, 4.69) is 33.9 Å². The molecule has 1 heterocycles. The molecule has 0 bridgehead atoms. The summed E-state index contributed by atoms with van der Waals surface area (Å²) in [5.41, 5.74) is 1.31. The highest BCUT2D eigenvalue weighted by Crippen LogP contribution is 1.93. The fourth-order valence-corrected chi connectivity index (χ4v) is 1.21. The lowest BCUT2D eigenvalue weighted by atomic mass is 10.3. The number of aromatic nitrogens is 1. The number of rotatable bonds is 3. The molecule has 11 heavy (non-hydrogen) atoms. The van der Waals surface area contributed by atoms with E-state index in [1.165, 1.54) is 5.56 Å². The maximum Gasteiger partial charge on any atom is 0.173 e. The maximum atomic E-state index is 3.27. The van der Waals surface area contributed by atoms with E-state index in [0.29, 0.717) is 0 Å². The second-order valence-electron chi connectivity index (χ2n) is 2.44. The van der Waals surface area contributed by atoms with Crippen molar-refractivity contribution in [1.29, 1.82) is 0 Å². The lowest BCUT2D eigenvalue weighted by molar-refractivity contribution is -0.499. The second kappa shape index (κ2) is 4.42. The van der Waals surface area contributed by atoms with Gasteiger partial charge in [0, 0.05) is 18.2 Å². The molecule has 1 N–H and O–H groups in total. The van der Waals surface area contributed by atoms with Gasteiger partial charge in [-0.25, -0.2) is 0 Å². The molecule has 1 aromatic heterocycles. The first-order valence-corrected chi connectivity index (χ1v) is 4.30. The number of pyridine rings is 1. The Labute approximate surface area is 69.9 Å². The van der Waals surface area contributed by atoms with E-state index in [1.54, 1.807) is 0 Å². The zero-order valence-corrected chi connectivity index (χ0v) is 7.90. The minimum atomic E-state index is 0.950. The van der Waals surface area contributed by atoms with Crippen molar-refractivity contribution in [3.63, 3.8) is 0 Å². The third kappa shape index (κ3) is 2.96. The first kappa shape index (κ1) is 8.63. The highest BCUT2D eigenvalue weighted by atomic mass is 31.0. The molecule has 1 rings (SSSR count). The number of hydrogen-bond acceptors (Lipinski definition) is 1. The van der Waals surface area contributed by atoms with E-state index in [9.17, 15) is 0 Å². The molecule has 0 spiro atoms. The summed E-state index contributed by atoms with van der Waals surface area (Å²) in [6, 6.07) is 4.16. The van der Waals surface area contributed by atoms with Gasteiger partial charge in [0.15, 0.2) is 21.8 Å². The van der Waals surface area contributed by atoms with Crippen molar-refractivity contribution in [3.05, 3.63) is 30.1 Å². The first-order chi connectivity index (χ1) is 5.33. The molecule has 0 radical (unpaired) electrons. The monoisotopic (exact) mass is 169 g/mol. The topological polar surface area (TPSA) is 15.9 Å². The van der Waals surface area contributed by atoms with Crippen LogP contribution in [0.2, 0.25) is 0 Å². The molecule has 60 valence electrons. The molecule has 3 heteroatoms. The van der Waals surface area contributed by atoms with Gasteiger partial charge >= 0.3 is 0 Å². The maximum absolute atomic E-state index is 3.27. The third-order valence-electron chi connectivity index (χ3n) is 1.46. The van der Waals surface area contributed by atoms with Crippen molar-refractivity contribution in [2.75, 3.05) is 6.54 Å². The summed E-state index contributed by atoms with van der Waals surface area (Å²) >= 11 is 0. The smallest absolute Gasteiger partial charge is 0.173 e. The van der Waals surface area contributed by atoms with Crippen LogP contribution in [-0.2, 0) is 6.54 Å². The predicted octanol–water partition coefficient (Wildman–Crippen LogP) is 0.722. The van der Waals surface area contributed by atoms with Crippen LogP contribution in [-0.4, -0.2) is 6.54 Å². The first-order valence-electron chi connectivity index (χ1n) is 3.79. The Morgan fingerprint density at radius 1 is 1.64 bits per heavy atom. The van der Waals surface area contributed by atoms with Gasteiger partial charge in [0.1, 0.15) is 0 Å². The quantitative estimate of drug-likeness (QED) is 0.659. The van der Waals surface area contributed by atoms with Crippen molar-refractivity contribution in [3.8, 4) is 0 Å². The molecule has 0 aliphatic rings. The Hall–Kier alpha value is -0.460. The summed E-state index contributed by atoms with van der Waals surface area (Å²) in [6.07, 6.45) is 4.09. The van der Waals surface area contributed by atoms with Gasteiger partial charge in [-0.05, 0) is 12.6 Å². The molecular weight excluding hydrogens is 155 g/mol. The van der Waals surface area contributed by atoms with E-state index >= 15 is 0 Å². The lowest BCUT2D eigenvalue weighted by Gasteiger charge is -1.98. The van der Waals surface area contributed by atoms with Gasteiger partial charge in [0.25, 0.3) is 0 Å². The van der Waals surface area contributed by atoms with Gasteiger partial charge in [0.2, 0.25) is 0 Å². The van der Waals surface area contributed by atoms with Crippen molar-refractivity contribution >= 4 is 9.39 Å². The van der Waals surface area contributed by atoms with Crippen LogP contribution in [0.25, 0.3) is 0 Å². The molecule has 1 aromatic rings. The van der Waals surface area contributed by atoms with E-state index in [0.717, 1.165) is 13.1 Å². The molecule has 0 aliphatic carbocycles. The van der Waals surface area contributed by atoms with Gasteiger partial charge in [-0.1, -0.05) is 6.92 Å². The Morgan fingerprint density at radius 2 is 2.45 bits per heavy atom. The second-order valence-corrected chi connectivity index (χ2v) is 3.04. The SMILES string of the molecule is CCNCc1ccc[n+](P)c1. The highest BCUT2D eigenvalue weighted by Gasteiger charge is 1.95. The van der Waals surface area contributed by atoms with Crippen LogP contribution >= 0.6 is 9.39 Å². The average molecular weight is 169 g/mol. The van der Waals surface area contributed by atoms with Crippen molar-refractivity contribution in [1.82, 2.24) is 5.32 Å². The molecule has 0 aliphatic heterocycles. The minimum Gasteiger partial charge on any atom is -0.313 e. The van der Waals surface area contributed by atoms with E-state index < -0.39 is 0 Å². The van der Waals surface area contributed by atoms with Crippen molar-refractivity contribution < 1.29 is 4.34 Å².